The van der Waals surface area contributed by atoms with E-state index >= 15 is 0 Å². The minimum atomic E-state index is 0.0296. The number of hydrogen-bond donors (Lipinski definition) is 2. The van der Waals surface area contributed by atoms with E-state index in [0.717, 1.165) is 29.9 Å². The molecule has 0 radical (unpaired) electrons. The lowest BCUT2D eigenvalue weighted by atomic mass is 10.1. The van der Waals surface area contributed by atoms with Crippen molar-refractivity contribution in [3.63, 3.8) is 0 Å². The molecule has 3 heteroatoms. The van der Waals surface area contributed by atoms with Crippen molar-refractivity contribution in [3.05, 3.63) is 35.4 Å². The van der Waals surface area contributed by atoms with Gasteiger partial charge >= 0.3 is 0 Å². The highest BCUT2D eigenvalue weighted by Gasteiger charge is 2.24. The largest absolute Gasteiger partial charge is 0.350 e. The lowest BCUT2D eigenvalue weighted by Gasteiger charge is -2.13. The molecule has 0 spiro atoms. The SMILES string of the molecule is CC(CC1CC1)NC(=O)c1cccc(CCN)c1. The molecule has 1 fully saturated rings. The van der Waals surface area contributed by atoms with Gasteiger partial charge < -0.3 is 11.1 Å². The van der Waals surface area contributed by atoms with Crippen LogP contribution in [0.15, 0.2) is 24.3 Å². The summed E-state index contributed by atoms with van der Waals surface area (Å²) in [5, 5.41) is 3.07. The van der Waals surface area contributed by atoms with Gasteiger partial charge in [-0.05, 0) is 49.9 Å². The Morgan fingerprint density at radius 3 is 2.94 bits per heavy atom. The summed E-state index contributed by atoms with van der Waals surface area (Å²) in [5.74, 6) is 0.867. The number of carbonyl (C=O) groups is 1. The predicted molar refractivity (Wildman–Crippen MR) is 73.5 cm³/mol. The highest BCUT2D eigenvalue weighted by molar-refractivity contribution is 5.94. The van der Waals surface area contributed by atoms with Crippen molar-refractivity contribution in [1.82, 2.24) is 5.32 Å². The molecule has 0 saturated heterocycles. The first-order valence-corrected chi connectivity index (χ1v) is 6.79. The van der Waals surface area contributed by atoms with Crippen molar-refractivity contribution < 1.29 is 4.79 Å². The molecule has 0 aromatic heterocycles. The summed E-state index contributed by atoms with van der Waals surface area (Å²) in [6.45, 7) is 2.70. The molecule has 3 nitrogen and oxygen atoms in total. The van der Waals surface area contributed by atoms with E-state index in [-0.39, 0.29) is 11.9 Å². The van der Waals surface area contributed by atoms with Crippen LogP contribution in [0.3, 0.4) is 0 Å². The van der Waals surface area contributed by atoms with Gasteiger partial charge in [-0.2, -0.15) is 0 Å². The lowest BCUT2D eigenvalue weighted by molar-refractivity contribution is 0.0937. The Labute approximate surface area is 109 Å². The molecule has 18 heavy (non-hydrogen) atoms. The van der Waals surface area contributed by atoms with E-state index in [1.54, 1.807) is 0 Å². The van der Waals surface area contributed by atoms with E-state index in [9.17, 15) is 4.79 Å². The van der Waals surface area contributed by atoms with Gasteiger partial charge in [0.25, 0.3) is 5.91 Å². The predicted octanol–water partition coefficient (Wildman–Crippen LogP) is 2.11. The van der Waals surface area contributed by atoms with Gasteiger partial charge in [-0.3, -0.25) is 4.79 Å². The molecule has 1 amide bonds. The number of amides is 1. The van der Waals surface area contributed by atoms with Gasteiger partial charge in [-0.1, -0.05) is 25.0 Å². The average molecular weight is 246 g/mol. The van der Waals surface area contributed by atoms with Gasteiger partial charge in [0.15, 0.2) is 0 Å². The Kier molecular flexibility index (Phi) is 4.37. The summed E-state index contributed by atoms with van der Waals surface area (Å²) in [6, 6.07) is 8.00. The van der Waals surface area contributed by atoms with E-state index in [1.165, 1.54) is 12.8 Å². The molecule has 1 unspecified atom stereocenters. The van der Waals surface area contributed by atoms with Crippen molar-refractivity contribution in [3.8, 4) is 0 Å². The molecule has 1 aromatic rings. The fourth-order valence-electron chi connectivity index (χ4n) is 2.25. The zero-order chi connectivity index (χ0) is 13.0. The van der Waals surface area contributed by atoms with Crippen molar-refractivity contribution in [1.29, 1.82) is 0 Å². The monoisotopic (exact) mass is 246 g/mol. The van der Waals surface area contributed by atoms with Gasteiger partial charge in [0, 0.05) is 11.6 Å². The molecule has 2 rings (SSSR count). The molecular formula is C15H22N2O. The van der Waals surface area contributed by atoms with Gasteiger partial charge in [0.2, 0.25) is 0 Å². The van der Waals surface area contributed by atoms with Crippen LogP contribution in [0.4, 0.5) is 0 Å². The van der Waals surface area contributed by atoms with E-state index in [0.29, 0.717) is 6.54 Å². The van der Waals surface area contributed by atoms with Gasteiger partial charge in [0.1, 0.15) is 0 Å². The molecule has 1 saturated carbocycles. The number of benzene rings is 1. The third-order valence-electron chi connectivity index (χ3n) is 3.38. The second-order valence-corrected chi connectivity index (χ2v) is 5.29. The summed E-state index contributed by atoms with van der Waals surface area (Å²) >= 11 is 0. The first-order valence-electron chi connectivity index (χ1n) is 6.79. The molecule has 0 bridgehead atoms. The van der Waals surface area contributed by atoms with Crippen LogP contribution in [0.1, 0.15) is 42.1 Å². The first-order chi connectivity index (χ1) is 8.69. The minimum absolute atomic E-state index is 0.0296. The first kappa shape index (κ1) is 13.1. The average Bonchev–Trinajstić information content (AvgIpc) is 3.13. The maximum Gasteiger partial charge on any atom is 0.251 e. The Bertz CT molecular complexity index is 413. The molecule has 0 heterocycles. The number of nitrogens with two attached hydrogens (primary N) is 1. The normalized spacial score (nSPS) is 16.3. The summed E-state index contributed by atoms with van der Waals surface area (Å²) in [6.07, 6.45) is 4.57. The lowest BCUT2D eigenvalue weighted by Crippen LogP contribution is -2.32. The third kappa shape index (κ3) is 3.84. The van der Waals surface area contributed by atoms with E-state index in [4.69, 9.17) is 5.73 Å². The molecular weight excluding hydrogens is 224 g/mol. The van der Waals surface area contributed by atoms with Crippen LogP contribution in [-0.2, 0) is 6.42 Å². The second-order valence-electron chi connectivity index (χ2n) is 5.29. The molecule has 1 aliphatic rings. The van der Waals surface area contributed by atoms with Crippen LogP contribution < -0.4 is 11.1 Å². The van der Waals surface area contributed by atoms with Crippen molar-refractivity contribution >= 4 is 5.91 Å². The molecule has 1 aromatic carbocycles. The Morgan fingerprint density at radius 2 is 2.28 bits per heavy atom. The quantitative estimate of drug-likeness (QED) is 0.807. The number of nitrogens with one attached hydrogen (secondary N) is 1. The van der Waals surface area contributed by atoms with E-state index in [2.05, 4.69) is 12.2 Å². The smallest absolute Gasteiger partial charge is 0.251 e. The number of carbonyl (C=O) groups excluding carboxylic acids is 1. The second kappa shape index (κ2) is 6.01. The maximum absolute atomic E-state index is 12.1. The summed E-state index contributed by atoms with van der Waals surface area (Å²) in [7, 11) is 0. The highest BCUT2D eigenvalue weighted by atomic mass is 16.1. The maximum atomic E-state index is 12.1. The van der Waals surface area contributed by atoms with Crippen LogP contribution in [-0.4, -0.2) is 18.5 Å². The topological polar surface area (TPSA) is 55.1 Å². The van der Waals surface area contributed by atoms with E-state index in [1.807, 2.05) is 24.3 Å². The molecule has 98 valence electrons. The molecule has 0 aliphatic heterocycles. The number of hydrogen-bond acceptors (Lipinski definition) is 2. The fraction of sp³-hybridized carbons (Fsp3) is 0.533. The minimum Gasteiger partial charge on any atom is -0.350 e. The van der Waals surface area contributed by atoms with Crippen molar-refractivity contribution in [2.24, 2.45) is 11.7 Å². The van der Waals surface area contributed by atoms with Gasteiger partial charge in [-0.25, -0.2) is 0 Å². The fourth-order valence-corrected chi connectivity index (χ4v) is 2.25. The highest BCUT2D eigenvalue weighted by Crippen LogP contribution is 2.33. The molecule has 3 N–H and O–H groups in total. The van der Waals surface area contributed by atoms with Gasteiger partial charge in [0.05, 0.1) is 0 Å². The summed E-state index contributed by atoms with van der Waals surface area (Å²) in [5.41, 5.74) is 7.39. The van der Waals surface area contributed by atoms with E-state index < -0.39 is 0 Å². The van der Waals surface area contributed by atoms with Crippen LogP contribution >= 0.6 is 0 Å². The molecule has 1 atom stereocenters. The van der Waals surface area contributed by atoms with Crippen molar-refractivity contribution in [2.45, 2.75) is 38.6 Å². The molecule has 1 aliphatic carbocycles. The van der Waals surface area contributed by atoms with Crippen LogP contribution in [0.5, 0.6) is 0 Å². The zero-order valence-corrected chi connectivity index (χ0v) is 11.0. The Balaban J connectivity index is 1.92. The zero-order valence-electron chi connectivity index (χ0n) is 11.0. The summed E-state index contributed by atoms with van der Waals surface area (Å²) in [4.78, 5) is 12.1. The van der Waals surface area contributed by atoms with Gasteiger partial charge in [-0.15, -0.1) is 0 Å². The van der Waals surface area contributed by atoms with Crippen LogP contribution in [0.25, 0.3) is 0 Å². The third-order valence-corrected chi connectivity index (χ3v) is 3.38. The summed E-state index contributed by atoms with van der Waals surface area (Å²) < 4.78 is 0. The van der Waals surface area contributed by atoms with Crippen LogP contribution in [0.2, 0.25) is 0 Å². The van der Waals surface area contributed by atoms with Crippen molar-refractivity contribution in [2.75, 3.05) is 6.54 Å². The Hall–Kier alpha value is -1.35. The number of rotatable bonds is 6. The Morgan fingerprint density at radius 1 is 1.50 bits per heavy atom. The van der Waals surface area contributed by atoms with Crippen LogP contribution in [0, 0.1) is 5.92 Å². The standard InChI is InChI=1S/C15H22N2O/c1-11(9-13-5-6-13)17-15(18)14-4-2-3-12(10-14)7-8-16/h2-4,10-11,13H,5-9,16H2,1H3,(H,17,18).